The van der Waals surface area contributed by atoms with Gasteiger partial charge in [-0.25, -0.2) is 10.4 Å². The molecule has 1 aliphatic heterocycles. The minimum absolute atomic E-state index is 0.0240. The number of hydrogen-bond acceptors (Lipinski definition) is 2. The van der Waals surface area contributed by atoms with Crippen molar-refractivity contribution in [1.29, 1.82) is 0 Å². The van der Waals surface area contributed by atoms with Crippen molar-refractivity contribution in [3.8, 4) is 0 Å². The summed E-state index contributed by atoms with van der Waals surface area (Å²) in [7, 11) is 0. The third-order valence-corrected chi connectivity index (χ3v) is 4.93. The van der Waals surface area contributed by atoms with Gasteiger partial charge in [0.05, 0.1) is 5.69 Å². The number of nitrogens with zero attached hydrogens (tertiary/aromatic N) is 1. The van der Waals surface area contributed by atoms with Gasteiger partial charge in [-0.05, 0) is 68.9 Å². The van der Waals surface area contributed by atoms with Crippen LogP contribution in [0.15, 0.2) is 18.2 Å². The molecule has 0 radical (unpaired) electrons. The second kappa shape index (κ2) is 5.34. The van der Waals surface area contributed by atoms with Crippen molar-refractivity contribution in [1.82, 2.24) is 10.7 Å². The molecule has 0 unspecified atom stereocenters. The van der Waals surface area contributed by atoms with Crippen molar-refractivity contribution in [2.45, 2.75) is 58.0 Å². The van der Waals surface area contributed by atoms with Crippen LogP contribution >= 0.6 is 12.2 Å². The number of nitrogens with one attached hydrogen (secondary N) is 2. The average Bonchev–Trinajstić information content (AvgIpc) is 2.60. The second-order valence-electron chi connectivity index (χ2n) is 6.09. The summed E-state index contributed by atoms with van der Waals surface area (Å²) in [6.07, 6.45) is 7.50. The molecule has 1 heterocycles. The van der Waals surface area contributed by atoms with Gasteiger partial charge in [0, 0.05) is 0 Å². The molecule has 1 saturated heterocycles. The predicted molar refractivity (Wildman–Crippen MR) is 87.7 cm³/mol. The molecule has 1 spiro atoms. The summed E-state index contributed by atoms with van der Waals surface area (Å²) in [5.74, 6) is 0. The highest BCUT2D eigenvalue weighted by atomic mass is 32.1. The van der Waals surface area contributed by atoms with Crippen molar-refractivity contribution in [2.75, 3.05) is 5.01 Å². The fraction of sp³-hybridized carbons (Fsp3) is 0.562. The zero-order valence-corrected chi connectivity index (χ0v) is 13.1. The maximum Gasteiger partial charge on any atom is 0.189 e. The molecule has 20 heavy (non-hydrogen) atoms. The summed E-state index contributed by atoms with van der Waals surface area (Å²) in [6, 6.07) is 6.38. The standard InChI is InChI=1S/C16H23N3S/c1-12-8-7-9-14(13(12)2)19-15(20)17-16(18-19)10-5-3-4-6-11-16/h7-9,18H,3-6,10-11H2,1-2H3,(H,17,20). The number of aryl methyl sites for hydroxylation is 1. The number of rotatable bonds is 1. The molecule has 1 aliphatic carbocycles. The SMILES string of the molecule is Cc1cccc(N2NC3(CCCCCC3)NC2=S)c1C. The van der Waals surface area contributed by atoms with Gasteiger partial charge >= 0.3 is 0 Å². The second-order valence-corrected chi connectivity index (χ2v) is 6.48. The fourth-order valence-electron chi connectivity index (χ4n) is 3.27. The molecule has 2 aliphatic rings. The number of benzene rings is 1. The van der Waals surface area contributed by atoms with E-state index < -0.39 is 0 Å². The quantitative estimate of drug-likeness (QED) is 0.773. The monoisotopic (exact) mass is 289 g/mol. The highest BCUT2D eigenvalue weighted by molar-refractivity contribution is 7.80. The molecule has 3 rings (SSSR count). The summed E-state index contributed by atoms with van der Waals surface area (Å²) >= 11 is 5.58. The first-order chi connectivity index (χ1) is 9.61. The molecule has 0 aromatic heterocycles. The molecule has 0 bridgehead atoms. The van der Waals surface area contributed by atoms with Gasteiger partial charge in [0.25, 0.3) is 0 Å². The molecular weight excluding hydrogens is 266 g/mol. The Morgan fingerprint density at radius 3 is 2.50 bits per heavy atom. The van der Waals surface area contributed by atoms with E-state index in [-0.39, 0.29) is 5.66 Å². The molecule has 2 N–H and O–H groups in total. The average molecular weight is 289 g/mol. The van der Waals surface area contributed by atoms with Crippen LogP contribution in [-0.2, 0) is 0 Å². The molecule has 0 amide bonds. The van der Waals surface area contributed by atoms with E-state index in [9.17, 15) is 0 Å². The van der Waals surface area contributed by atoms with Gasteiger partial charge in [-0.15, -0.1) is 0 Å². The Kier molecular flexibility index (Phi) is 3.69. The first-order valence-electron chi connectivity index (χ1n) is 7.58. The lowest BCUT2D eigenvalue weighted by Gasteiger charge is -2.29. The van der Waals surface area contributed by atoms with E-state index in [4.69, 9.17) is 12.2 Å². The van der Waals surface area contributed by atoms with Gasteiger partial charge in [-0.2, -0.15) is 0 Å². The molecule has 1 aromatic carbocycles. The number of hydrazine groups is 1. The smallest absolute Gasteiger partial charge is 0.189 e. The Balaban J connectivity index is 1.88. The third-order valence-electron chi connectivity index (χ3n) is 4.65. The summed E-state index contributed by atoms with van der Waals surface area (Å²) in [5, 5.41) is 6.43. The lowest BCUT2D eigenvalue weighted by molar-refractivity contribution is 0.296. The van der Waals surface area contributed by atoms with Crippen LogP contribution in [0.2, 0.25) is 0 Å². The van der Waals surface area contributed by atoms with Crippen molar-refractivity contribution >= 4 is 23.0 Å². The van der Waals surface area contributed by atoms with E-state index in [0.717, 1.165) is 18.0 Å². The lowest BCUT2D eigenvalue weighted by Crippen LogP contribution is -2.50. The van der Waals surface area contributed by atoms with E-state index in [1.54, 1.807) is 0 Å². The topological polar surface area (TPSA) is 27.3 Å². The Bertz CT molecular complexity index is 518. The van der Waals surface area contributed by atoms with Gasteiger partial charge in [0.1, 0.15) is 5.66 Å². The fourth-order valence-corrected chi connectivity index (χ4v) is 3.61. The Morgan fingerprint density at radius 2 is 1.80 bits per heavy atom. The first kappa shape index (κ1) is 13.8. The number of thiocarbonyl (C=S) groups is 1. The Labute approximate surface area is 126 Å². The minimum atomic E-state index is -0.0240. The van der Waals surface area contributed by atoms with E-state index in [2.05, 4.69) is 47.8 Å². The van der Waals surface area contributed by atoms with Gasteiger partial charge in [0.2, 0.25) is 0 Å². The Hall–Kier alpha value is -1.13. The largest absolute Gasteiger partial charge is 0.342 e. The van der Waals surface area contributed by atoms with Crippen LogP contribution in [0.1, 0.15) is 49.7 Å². The minimum Gasteiger partial charge on any atom is -0.342 e. The van der Waals surface area contributed by atoms with Crippen LogP contribution < -0.4 is 15.8 Å². The zero-order chi connectivity index (χ0) is 14.2. The predicted octanol–water partition coefficient (Wildman–Crippen LogP) is 3.55. The molecule has 1 saturated carbocycles. The van der Waals surface area contributed by atoms with Crippen molar-refractivity contribution in [3.63, 3.8) is 0 Å². The molecule has 4 heteroatoms. The van der Waals surface area contributed by atoms with E-state index in [0.29, 0.717) is 0 Å². The normalized spacial score (nSPS) is 21.9. The van der Waals surface area contributed by atoms with Crippen LogP contribution in [-0.4, -0.2) is 10.8 Å². The van der Waals surface area contributed by atoms with E-state index >= 15 is 0 Å². The highest BCUT2D eigenvalue weighted by Gasteiger charge is 2.40. The zero-order valence-electron chi connectivity index (χ0n) is 12.3. The van der Waals surface area contributed by atoms with Gasteiger partial charge in [-0.3, -0.25) is 0 Å². The molecule has 1 aromatic rings. The van der Waals surface area contributed by atoms with Crippen molar-refractivity contribution in [2.24, 2.45) is 0 Å². The summed E-state index contributed by atoms with van der Waals surface area (Å²) in [6.45, 7) is 4.31. The van der Waals surface area contributed by atoms with Crippen LogP contribution in [0.4, 0.5) is 5.69 Å². The summed E-state index contributed by atoms with van der Waals surface area (Å²) in [4.78, 5) is 0. The molecular formula is C16H23N3S. The molecule has 0 atom stereocenters. The third kappa shape index (κ3) is 2.42. The number of hydrogen-bond donors (Lipinski definition) is 2. The van der Waals surface area contributed by atoms with E-state index in [1.807, 2.05) is 0 Å². The maximum absolute atomic E-state index is 5.58. The Morgan fingerprint density at radius 1 is 1.10 bits per heavy atom. The maximum atomic E-state index is 5.58. The highest BCUT2D eigenvalue weighted by Crippen LogP contribution is 2.32. The molecule has 2 fully saturated rings. The first-order valence-corrected chi connectivity index (χ1v) is 7.98. The van der Waals surface area contributed by atoms with Gasteiger partial charge in [0.15, 0.2) is 5.11 Å². The van der Waals surface area contributed by atoms with Crippen LogP contribution in [0.3, 0.4) is 0 Å². The van der Waals surface area contributed by atoms with Gasteiger partial charge in [-0.1, -0.05) is 25.0 Å². The van der Waals surface area contributed by atoms with Crippen LogP contribution in [0.25, 0.3) is 0 Å². The van der Waals surface area contributed by atoms with E-state index in [1.165, 1.54) is 42.5 Å². The summed E-state index contributed by atoms with van der Waals surface area (Å²) < 4.78 is 0. The number of anilines is 1. The molecule has 3 nitrogen and oxygen atoms in total. The molecule has 108 valence electrons. The van der Waals surface area contributed by atoms with Crippen LogP contribution in [0, 0.1) is 13.8 Å². The van der Waals surface area contributed by atoms with Crippen LogP contribution in [0.5, 0.6) is 0 Å². The van der Waals surface area contributed by atoms with Gasteiger partial charge < -0.3 is 5.32 Å². The lowest BCUT2D eigenvalue weighted by atomic mass is 10.0. The van der Waals surface area contributed by atoms with Crippen molar-refractivity contribution in [3.05, 3.63) is 29.3 Å². The van der Waals surface area contributed by atoms with Crippen molar-refractivity contribution < 1.29 is 0 Å². The summed E-state index contributed by atoms with van der Waals surface area (Å²) in [5.41, 5.74) is 7.39.